The van der Waals surface area contributed by atoms with Crippen LogP contribution in [0.1, 0.15) is 12.0 Å². The smallest absolute Gasteiger partial charge is 0.228 e. The van der Waals surface area contributed by atoms with Gasteiger partial charge in [-0.2, -0.15) is 0 Å². The molecule has 1 amide bonds. The fourth-order valence-electron chi connectivity index (χ4n) is 1.89. The zero-order valence-electron chi connectivity index (χ0n) is 9.03. The highest BCUT2D eigenvalue weighted by molar-refractivity contribution is 9.10. The first kappa shape index (κ1) is 11.2. The van der Waals surface area contributed by atoms with Crippen molar-refractivity contribution in [3.63, 3.8) is 0 Å². The summed E-state index contributed by atoms with van der Waals surface area (Å²) >= 11 is 3.51. The number of amides is 1. The Morgan fingerprint density at radius 3 is 2.94 bits per heavy atom. The Morgan fingerprint density at radius 1 is 1.56 bits per heavy atom. The predicted octanol–water partition coefficient (Wildman–Crippen LogP) is 2.74. The van der Waals surface area contributed by atoms with Crippen LogP contribution in [0.3, 0.4) is 0 Å². The Labute approximate surface area is 104 Å². The maximum atomic E-state index is 11.8. The molecule has 1 heterocycles. The lowest BCUT2D eigenvalue weighted by Crippen LogP contribution is -2.24. The summed E-state index contributed by atoms with van der Waals surface area (Å²) in [5, 5.41) is 0. The van der Waals surface area contributed by atoms with Crippen molar-refractivity contribution >= 4 is 27.5 Å². The lowest BCUT2D eigenvalue weighted by molar-refractivity contribution is -0.117. The molecule has 1 fully saturated rings. The summed E-state index contributed by atoms with van der Waals surface area (Å²) in [7, 11) is 0. The van der Waals surface area contributed by atoms with Gasteiger partial charge in [0.15, 0.2) is 0 Å². The molecular weight excluding hydrogens is 266 g/mol. The van der Waals surface area contributed by atoms with Crippen molar-refractivity contribution in [1.29, 1.82) is 0 Å². The molecule has 3 heteroatoms. The van der Waals surface area contributed by atoms with Crippen LogP contribution in [-0.4, -0.2) is 12.5 Å². The zero-order valence-corrected chi connectivity index (χ0v) is 10.6. The second-order valence-corrected chi connectivity index (χ2v) is 4.77. The number of rotatable bonds is 1. The van der Waals surface area contributed by atoms with Gasteiger partial charge in [-0.05, 0) is 34.5 Å². The topological polar surface area (TPSA) is 20.3 Å². The molecule has 1 aromatic rings. The second kappa shape index (κ2) is 4.31. The number of carbonyl (C=O) groups is 1. The summed E-state index contributed by atoms with van der Waals surface area (Å²) in [6.45, 7) is 2.63. The number of nitrogens with zero attached hydrogens (tertiary/aromatic N) is 1. The van der Waals surface area contributed by atoms with Crippen LogP contribution in [0.5, 0.6) is 0 Å². The van der Waals surface area contributed by atoms with E-state index < -0.39 is 0 Å². The number of hydrogen-bond donors (Lipinski definition) is 0. The molecule has 0 aromatic heterocycles. The van der Waals surface area contributed by atoms with E-state index in [0.29, 0.717) is 13.0 Å². The standard InChI is InChI=1S/C13H12BrNO/c1-3-10-7-12(16)15(8-10)11-6-4-5-9(2)13(11)14/h1,4-6,10H,7-8H2,2H3. The molecule has 1 atom stereocenters. The SMILES string of the molecule is C#CC1CC(=O)N(c2cccc(C)c2Br)C1. The molecule has 1 saturated heterocycles. The Kier molecular flexibility index (Phi) is 3.02. The number of terminal acetylenes is 1. The molecule has 82 valence electrons. The van der Waals surface area contributed by atoms with Crippen LogP contribution in [0.25, 0.3) is 0 Å². The Morgan fingerprint density at radius 2 is 2.31 bits per heavy atom. The van der Waals surface area contributed by atoms with Crippen LogP contribution in [0.4, 0.5) is 5.69 Å². The van der Waals surface area contributed by atoms with Crippen LogP contribution < -0.4 is 4.90 Å². The average molecular weight is 278 g/mol. The Balaban J connectivity index is 2.36. The highest BCUT2D eigenvalue weighted by Gasteiger charge is 2.30. The van der Waals surface area contributed by atoms with E-state index in [9.17, 15) is 4.79 Å². The summed E-state index contributed by atoms with van der Waals surface area (Å²) in [6, 6.07) is 5.90. The number of carbonyl (C=O) groups excluding carboxylic acids is 1. The summed E-state index contributed by atoms with van der Waals surface area (Å²) in [5.74, 6) is 2.80. The maximum absolute atomic E-state index is 11.8. The molecule has 2 rings (SSSR count). The van der Waals surface area contributed by atoms with Gasteiger partial charge >= 0.3 is 0 Å². The van der Waals surface area contributed by atoms with E-state index in [2.05, 4.69) is 21.9 Å². The lowest BCUT2D eigenvalue weighted by atomic mass is 10.1. The molecule has 2 nitrogen and oxygen atoms in total. The molecule has 1 aromatic carbocycles. The largest absolute Gasteiger partial charge is 0.310 e. The fourth-order valence-corrected chi connectivity index (χ4v) is 2.37. The van der Waals surface area contributed by atoms with E-state index >= 15 is 0 Å². The molecule has 0 N–H and O–H groups in total. The number of anilines is 1. The van der Waals surface area contributed by atoms with E-state index in [4.69, 9.17) is 6.42 Å². The van der Waals surface area contributed by atoms with E-state index in [0.717, 1.165) is 15.7 Å². The van der Waals surface area contributed by atoms with Crippen molar-refractivity contribution in [1.82, 2.24) is 0 Å². The zero-order chi connectivity index (χ0) is 11.7. The molecule has 1 aliphatic rings. The third-order valence-corrected chi connectivity index (χ3v) is 3.85. The first-order valence-electron chi connectivity index (χ1n) is 5.15. The van der Waals surface area contributed by atoms with E-state index in [1.807, 2.05) is 25.1 Å². The van der Waals surface area contributed by atoms with Gasteiger partial charge in [0.25, 0.3) is 0 Å². The van der Waals surface area contributed by atoms with Crippen molar-refractivity contribution in [2.45, 2.75) is 13.3 Å². The molecule has 1 unspecified atom stereocenters. The van der Waals surface area contributed by atoms with Crippen molar-refractivity contribution in [3.8, 4) is 12.3 Å². The van der Waals surface area contributed by atoms with Crippen molar-refractivity contribution in [2.75, 3.05) is 11.4 Å². The number of benzene rings is 1. The Hall–Kier alpha value is -1.27. The van der Waals surface area contributed by atoms with Crippen molar-refractivity contribution < 1.29 is 4.79 Å². The predicted molar refractivity (Wildman–Crippen MR) is 68.2 cm³/mol. The average Bonchev–Trinajstić information content (AvgIpc) is 2.64. The molecule has 0 bridgehead atoms. The fraction of sp³-hybridized carbons (Fsp3) is 0.308. The van der Waals surface area contributed by atoms with Crippen LogP contribution in [0, 0.1) is 25.2 Å². The van der Waals surface area contributed by atoms with Crippen LogP contribution in [0.2, 0.25) is 0 Å². The van der Waals surface area contributed by atoms with Gasteiger partial charge in [-0.25, -0.2) is 0 Å². The first-order chi connectivity index (χ1) is 7.63. The van der Waals surface area contributed by atoms with Crippen LogP contribution in [-0.2, 0) is 4.79 Å². The minimum atomic E-state index is 0.0416. The Bertz CT molecular complexity index is 475. The summed E-state index contributed by atoms with van der Waals surface area (Å²) in [5.41, 5.74) is 2.04. The van der Waals surface area contributed by atoms with Gasteiger partial charge in [0.2, 0.25) is 5.91 Å². The molecule has 16 heavy (non-hydrogen) atoms. The van der Waals surface area contributed by atoms with Gasteiger partial charge in [-0.3, -0.25) is 4.79 Å². The lowest BCUT2D eigenvalue weighted by Gasteiger charge is -2.18. The molecule has 0 radical (unpaired) electrons. The van der Waals surface area contributed by atoms with Gasteiger partial charge in [0, 0.05) is 23.4 Å². The van der Waals surface area contributed by atoms with E-state index in [1.165, 1.54) is 0 Å². The molecule has 1 aliphatic heterocycles. The van der Waals surface area contributed by atoms with Crippen molar-refractivity contribution in [3.05, 3.63) is 28.2 Å². The van der Waals surface area contributed by atoms with Crippen molar-refractivity contribution in [2.24, 2.45) is 5.92 Å². The third-order valence-electron chi connectivity index (χ3n) is 2.82. The second-order valence-electron chi connectivity index (χ2n) is 3.98. The third kappa shape index (κ3) is 1.85. The summed E-state index contributed by atoms with van der Waals surface area (Å²) in [4.78, 5) is 13.6. The van der Waals surface area contributed by atoms with Crippen LogP contribution >= 0.6 is 15.9 Å². The van der Waals surface area contributed by atoms with Gasteiger partial charge in [0.05, 0.1) is 5.69 Å². The first-order valence-corrected chi connectivity index (χ1v) is 5.94. The highest BCUT2D eigenvalue weighted by Crippen LogP contribution is 2.33. The highest BCUT2D eigenvalue weighted by atomic mass is 79.9. The summed E-state index contributed by atoms with van der Waals surface area (Å²) < 4.78 is 0.973. The molecule has 0 aliphatic carbocycles. The number of aryl methyl sites for hydroxylation is 1. The molecule has 0 spiro atoms. The number of hydrogen-bond acceptors (Lipinski definition) is 1. The minimum absolute atomic E-state index is 0.0416. The normalized spacial score (nSPS) is 19.9. The molecule has 0 saturated carbocycles. The minimum Gasteiger partial charge on any atom is -0.310 e. The van der Waals surface area contributed by atoms with E-state index in [-0.39, 0.29) is 11.8 Å². The summed E-state index contributed by atoms with van der Waals surface area (Å²) in [6.07, 6.45) is 5.82. The van der Waals surface area contributed by atoms with E-state index in [1.54, 1.807) is 4.90 Å². The molecular formula is C13H12BrNO. The monoisotopic (exact) mass is 277 g/mol. The maximum Gasteiger partial charge on any atom is 0.228 e. The number of halogens is 1. The van der Waals surface area contributed by atoms with Gasteiger partial charge in [-0.1, -0.05) is 12.1 Å². The quantitative estimate of drug-likeness (QED) is 0.723. The van der Waals surface area contributed by atoms with Gasteiger partial charge in [0.1, 0.15) is 0 Å². The van der Waals surface area contributed by atoms with Gasteiger partial charge < -0.3 is 4.90 Å². The van der Waals surface area contributed by atoms with Crippen LogP contribution in [0.15, 0.2) is 22.7 Å². The van der Waals surface area contributed by atoms with Gasteiger partial charge in [-0.15, -0.1) is 12.3 Å².